The first-order valence-electron chi connectivity index (χ1n) is 9.95. The molecule has 0 aliphatic carbocycles. The highest BCUT2D eigenvalue weighted by molar-refractivity contribution is 6.14. The maximum Gasteiger partial charge on any atom is 0.328 e. The lowest BCUT2D eigenvalue weighted by atomic mass is 10.1. The first kappa shape index (κ1) is 24.4. The number of carbonyl (C=O) groups is 3. The van der Waals surface area contributed by atoms with Crippen LogP contribution >= 0.6 is 0 Å². The summed E-state index contributed by atoms with van der Waals surface area (Å²) in [6.45, 7) is -1.25. The molecule has 2 aromatic carbocycles. The molecule has 11 nitrogen and oxygen atoms in total. The minimum Gasteiger partial charge on any atom is -0.493 e. The Labute approximate surface area is 194 Å². The van der Waals surface area contributed by atoms with Crippen LogP contribution in [0.2, 0.25) is 0 Å². The molecule has 0 aromatic heterocycles. The van der Waals surface area contributed by atoms with Crippen LogP contribution in [0.1, 0.15) is 15.9 Å². The summed E-state index contributed by atoms with van der Waals surface area (Å²) in [5.41, 5.74) is 0.886. The average Bonchev–Trinajstić information content (AvgIpc) is 3.14. The molecule has 1 aliphatic rings. The molecule has 0 spiro atoms. The van der Waals surface area contributed by atoms with E-state index in [1.165, 1.54) is 45.6 Å². The maximum absolute atomic E-state index is 12.8. The summed E-state index contributed by atoms with van der Waals surface area (Å²) in [5.74, 6) is -0.685. The number of hydrogen-bond acceptors (Lipinski definition) is 9. The van der Waals surface area contributed by atoms with Crippen molar-refractivity contribution in [2.75, 3.05) is 34.5 Å². The SMILES string of the molecule is COc1cc(/C=C2/Oc3cc(OCC(=O)N[C@@H](CO)C(=O)O)ccc3C2=O)cc(OC)c1OC. The molecule has 34 heavy (non-hydrogen) atoms. The standard InChI is InChI=1S/C23H23NO10/c1-30-18-7-12(8-19(31-2)22(18)32-3)6-17-21(27)14-5-4-13(9-16(14)34-17)33-11-20(26)24-15(10-25)23(28)29/h4-9,15,25H,10-11H2,1-3H3,(H,24,26)(H,28,29)/b17-6+/t15-/m0/s1. The van der Waals surface area contributed by atoms with Crippen LogP contribution in [0.4, 0.5) is 0 Å². The van der Waals surface area contributed by atoms with Crippen molar-refractivity contribution in [3.05, 3.63) is 47.2 Å². The van der Waals surface area contributed by atoms with Gasteiger partial charge in [-0.15, -0.1) is 0 Å². The lowest BCUT2D eigenvalue weighted by Crippen LogP contribution is -2.45. The van der Waals surface area contributed by atoms with Crippen molar-refractivity contribution >= 4 is 23.7 Å². The first-order chi connectivity index (χ1) is 16.3. The fourth-order valence-electron chi connectivity index (χ4n) is 3.16. The largest absolute Gasteiger partial charge is 0.493 e. The van der Waals surface area contributed by atoms with E-state index < -0.39 is 31.1 Å². The summed E-state index contributed by atoms with van der Waals surface area (Å²) in [5, 5.41) is 19.9. The van der Waals surface area contributed by atoms with Crippen molar-refractivity contribution in [1.82, 2.24) is 5.32 Å². The van der Waals surface area contributed by atoms with Crippen molar-refractivity contribution in [1.29, 1.82) is 0 Å². The van der Waals surface area contributed by atoms with Crippen LogP contribution < -0.4 is 29.0 Å². The number of Topliss-reactive ketones (excluding diaryl/α,β-unsaturated/α-hetero) is 1. The van der Waals surface area contributed by atoms with E-state index in [2.05, 4.69) is 5.32 Å². The van der Waals surface area contributed by atoms with E-state index in [1.54, 1.807) is 12.1 Å². The Kier molecular flexibility index (Phi) is 7.59. The molecule has 3 N–H and O–H groups in total. The number of amides is 1. The Balaban J connectivity index is 1.75. The zero-order valence-electron chi connectivity index (χ0n) is 18.6. The van der Waals surface area contributed by atoms with Gasteiger partial charge in [0.05, 0.1) is 33.5 Å². The van der Waals surface area contributed by atoms with Gasteiger partial charge in [-0.25, -0.2) is 4.79 Å². The van der Waals surface area contributed by atoms with Crippen molar-refractivity contribution < 1.29 is 48.3 Å². The molecule has 0 bridgehead atoms. The summed E-state index contributed by atoms with van der Waals surface area (Å²) < 4.78 is 27.0. The molecule has 1 atom stereocenters. The number of benzene rings is 2. The number of aliphatic hydroxyl groups is 1. The molecule has 2 aromatic rings. The van der Waals surface area contributed by atoms with E-state index in [-0.39, 0.29) is 23.0 Å². The normalized spacial score (nSPS) is 14.1. The fourth-order valence-corrected chi connectivity index (χ4v) is 3.16. The number of methoxy groups -OCH3 is 3. The molecule has 0 saturated heterocycles. The number of allylic oxidation sites excluding steroid dienone is 1. The highest BCUT2D eigenvalue weighted by Gasteiger charge is 2.28. The number of aliphatic hydroxyl groups excluding tert-OH is 1. The van der Waals surface area contributed by atoms with Gasteiger partial charge in [0.2, 0.25) is 11.5 Å². The highest BCUT2D eigenvalue weighted by atomic mass is 16.5. The first-order valence-corrected chi connectivity index (χ1v) is 9.95. The summed E-state index contributed by atoms with van der Waals surface area (Å²) in [7, 11) is 4.45. The van der Waals surface area contributed by atoms with Crippen LogP contribution in [0.25, 0.3) is 6.08 Å². The topological polar surface area (TPSA) is 150 Å². The number of ether oxygens (including phenoxy) is 5. The molecule has 1 heterocycles. The second-order valence-corrected chi connectivity index (χ2v) is 6.99. The quantitative estimate of drug-likeness (QED) is 0.431. The molecule has 0 saturated carbocycles. The fraction of sp³-hybridized carbons (Fsp3) is 0.261. The van der Waals surface area contributed by atoms with Gasteiger partial charge >= 0.3 is 5.97 Å². The van der Waals surface area contributed by atoms with E-state index in [9.17, 15) is 14.4 Å². The van der Waals surface area contributed by atoms with Gasteiger partial charge in [-0.05, 0) is 35.9 Å². The Morgan fingerprint density at radius 2 is 1.76 bits per heavy atom. The lowest BCUT2D eigenvalue weighted by molar-refractivity contribution is -0.143. The van der Waals surface area contributed by atoms with Gasteiger partial charge in [0.1, 0.15) is 17.5 Å². The summed E-state index contributed by atoms with van der Waals surface area (Å²) in [6, 6.07) is 6.32. The van der Waals surface area contributed by atoms with Crippen LogP contribution in [0.3, 0.4) is 0 Å². The third-order valence-electron chi connectivity index (χ3n) is 4.81. The summed E-state index contributed by atoms with van der Waals surface area (Å²) in [4.78, 5) is 35.5. The Morgan fingerprint density at radius 3 is 2.32 bits per heavy atom. The number of fused-ring (bicyclic) bond motifs is 1. The average molecular weight is 473 g/mol. The van der Waals surface area contributed by atoms with Crippen LogP contribution in [0.15, 0.2) is 36.1 Å². The third-order valence-corrected chi connectivity index (χ3v) is 4.81. The zero-order valence-corrected chi connectivity index (χ0v) is 18.6. The predicted octanol–water partition coefficient (Wildman–Crippen LogP) is 1.27. The van der Waals surface area contributed by atoms with Gasteiger partial charge in [-0.3, -0.25) is 9.59 Å². The molecule has 3 rings (SSSR count). The van der Waals surface area contributed by atoms with Crippen molar-refractivity contribution in [2.24, 2.45) is 0 Å². The van der Waals surface area contributed by atoms with Crippen LogP contribution in [0, 0.1) is 0 Å². The molecule has 0 radical (unpaired) electrons. The molecule has 0 unspecified atom stereocenters. The Bertz CT molecular complexity index is 1120. The van der Waals surface area contributed by atoms with Gasteiger partial charge in [-0.2, -0.15) is 0 Å². The molecule has 11 heteroatoms. The highest BCUT2D eigenvalue weighted by Crippen LogP contribution is 2.40. The Hall–Kier alpha value is -4.25. The van der Waals surface area contributed by atoms with E-state index in [0.29, 0.717) is 28.4 Å². The monoisotopic (exact) mass is 473 g/mol. The van der Waals surface area contributed by atoms with E-state index in [4.69, 9.17) is 33.9 Å². The minimum absolute atomic E-state index is 0.0615. The lowest BCUT2D eigenvalue weighted by Gasteiger charge is -2.13. The zero-order chi connectivity index (χ0) is 24.8. The molecule has 1 aliphatic heterocycles. The molecule has 0 fully saturated rings. The maximum atomic E-state index is 12.8. The third kappa shape index (κ3) is 5.21. The van der Waals surface area contributed by atoms with Crippen molar-refractivity contribution in [2.45, 2.75) is 6.04 Å². The number of carboxylic acid groups (broad SMARTS) is 1. The summed E-state index contributed by atoms with van der Waals surface area (Å²) >= 11 is 0. The predicted molar refractivity (Wildman–Crippen MR) is 118 cm³/mol. The number of hydrogen-bond donors (Lipinski definition) is 3. The number of carboxylic acids is 1. The van der Waals surface area contributed by atoms with Crippen LogP contribution in [0.5, 0.6) is 28.7 Å². The second-order valence-electron chi connectivity index (χ2n) is 6.99. The second kappa shape index (κ2) is 10.6. The molecular weight excluding hydrogens is 450 g/mol. The van der Waals surface area contributed by atoms with Gasteiger partial charge in [0.25, 0.3) is 5.91 Å². The van der Waals surface area contributed by atoms with E-state index in [0.717, 1.165) is 0 Å². The van der Waals surface area contributed by atoms with Crippen LogP contribution in [-0.4, -0.2) is 68.5 Å². The number of carbonyl (C=O) groups excluding carboxylic acids is 2. The number of ketones is 1. The van der Waals surface area contributed by atoms with Gasteiger partial charge < -0.3 is 39.2 Å². The van der Waals surface area contributed by atoms with Crippen molar-refractivity contribution in [3.63, 3.8) is 0 Å². The number of aliphatic carboxylic acids is 1. The van der Waals surface area contributed by atoms with Gasteiger partial charge in [-0.1, -0.05) is 0 Å². The Morgan fingerprint density at radius 1 is 1.09 bits per heavy atom. The van der Waals surface area contributed by atoms with E-state index in [1.807, 2.05) is 0 Å². The minimum atomic E-state index is -1.43. The van der Waals surface area contributed by atoms with Crippen LogP contribution in [-0.2, 0) is 9.59 Å². The van der Waals surface area contributed by atoms with E-state index >= 15 is 0 Å². The number of rotatable bonds is 10. The van der Waals surface area contributed by atoms with Crippen molar-refractivity contribution in [3.8, 4) is 28.7 Å². The summed E-state index contributed by atoms with van der Waals surface area (Å²) in [6.07, 6.45) is 1.53. The smallest absolute Gasteiger partial charge is 0.328 e. The molecule has 180 valence electrons. The van der Waals surface area contributed by atoms with Gasteiger partial charge in [0.15, 0.2) is 23.9 Å². The van der Waals surface area contributed by atoms with Gasteiger partial charge in [0, 0.05) is 6.07 Å². The molecular formula is C23H23NO10. The number of nitrogens with one attached hydrogen (secondary N) is 1. The molecule has 1 amide bonds.